The van der Waals surface area contributed by atoms with Crippen molar-refractivity contribution in [2.75, 3.05) is 41.7 Å². The lowest BCUT2D eigenvalue weighted by Gasteiger charge is -2.40. The van der Waals surface area contributed by atoms with E-state index in [-0.39, 0.29) is 5.92 Å². The standard InChI is InChI=1S/C35H34N4S.C28H39N5/c1-5-11-25-12-9-14-27(23(25)3)29-18-19-34(37-31(29)6-2)39-21-20-26-13-10-15-28(30(26)22-39)24(4)36-35-38-32-16-7-8-17-33(32)40-35;1-19-10-11-28(17-19)12-14-33(15-13-28)18-21(3)30-23-7-9-25-26(16-23)32(5)31-27(25)24-8-6-20(2)29-22(24)4/h6-10,12-19H,2,4-5,11,20-22H2,1,3H3,(H,36,38);7,9,16,19,24,29-30H,2-4,6,8,10-15,17-18H2,1,5H3. The Morgan fingerprint density at radius 3 is 2.48 bits per heavy atom. The SMILES string of the molecule is C=C1CCC(c2nn(C)c3cc(NC(=C)CN4CCC5(CCC(C)C5)CC4)ccc23)C(=C)N1.C=Cc1nc(N2CCc3cccc(C(=C)Nc4nc5ccccc5s4)c3C2)ccc1-c1cccc(CCC)c1C. The number of aryl methyl sites for hydroxylation is 2. The molecular weight excluding hydrogens is 915 g/mol. The van der Waals surface area contributed by atoms with Gasteiger partial charge < -0.3 is 20.9 Å². The average molecular weight is 988 g/mol. The fraction of sp³-hybridized carbons (Fsp3) is 0.349. The molecular formula is C63H73N9S. The summed E-state index contributed by atoms with van der Waals surface area (Å²) in [4.78, 5) is 14.8. The van der Waals surface area contributed by atoms with E-state index < -0.39 is 0 Å². The van der Waals surface area contributed by atoms with Crippen LogP contribution in [-0.2, 0) is 26.4 Å². The van der Waals surface area contributed by atoms with Crippen molar-refractivity contribution in [1.29, 1.82) is 0 Å². The van der Waals surface area contributed by atoms with Gasteiger partial charge in [-0.25, -0.2) is 9.97 Å². The van der Waals surface area contributed by atoms with Crippen molar-refractivity contribution in [2.45, 2.75) is 97.4 Å². The van der Waals surface area contributed by atoms with E-state index >= 15 is 0 Å². The summed E-state index contributed by atoms with van der Waals surface area (Å²) in [6.07, 6.45) is 14.0. The molecule has 2 unspecified atom stereocenters. The Morgan fingerprint density at radius 2 is 1.71 bits per heavy atom. The maximum absolute atomic E-state index is 5.11. The number of thiazole rings is 1. The summed E-state index contributed by atoms with van der Waals surface area (Å²) in [6, 6.07) is 32.2. The van der Waals surface area contributed by atoms with Gasteiger partial charge in [0.05, 0.1) is 27.1 Å². The number of para-hydroxylation sites is 1. The molecule has 2 saturated heterocycles. The van der Waals surface area contributed by atoms with Crippen LogP contribution in [0.4, 0.5) is 16.6 Å². The molecule has 9 nitrogen and oxygen atoms in total. The molecule has 7 aromatic rings. The molecule has 3 aromatic heterocycles. The highest BCUT2D eigenvalue weighted by atomic mass is 32.1. The van der Waals surface area contributed by atoms with Crippen LogP contribution in [0.5, 0.6) is 0 Å². The summed E-state index contributed by atoms with van der Waals surface area (Å²) in [7, 11) is 2.02. The van der Waals surface area contributed by atoms with Gasteiger partial charge in [0.2, 0.25) is 0 Å². The van der Waals surface area contributed by atoms with Crippen LogP contribution >= 0.6 is 11.3 Å². The van der Waals surface area contributed by atoms with Crippen molar-refractivity contribution < 1.29 is 0 Å². The van der Waals surface area contributed by atoms with E-state index in [1.807, 2.05) is 36.0 Å². The van der Waals surface area contributed by atoms with Gasteiger partial charge >= 0.3 is 0 Å². The van der Waals surface area contributed by atoms with Crippen molar-refractivity contribution in [1.82, 2.24) is 30.0 Å². The van der Waals surface area contributed by atoms with E-state index in [1.165, 1.54) is 83.1 Å². The molecule has 4 aromatic carbocycles. The quantitative estimate of drug-likeness (QED) is 0.105. The first kappa shape index (κ1) is 49.8. The predicted octanol–water partition coefficient (Wildman–Crippen LogP) is 14.8. The number of rotatable bonds is 13. The molecule has 6 heterocycles. The lowest BCUT2D eigenvalue weighted by molar-refractivity contribution is 0.112. The summed E-state index contributed by atoms with van der Waals surface area (Å²) in [5.74, 6) is 2.12. The van der Waals surface area contributed by atoms with Gasteiger partial charge in [-0.05, 0) is 159 Å². The van der Waals surface area contributed by atoms with E-state index in [2.05, 4.69) is 152 Å². The molecule has 0 amide bonds. The topological polar surface area (TPSA) is 86.2 Å². The summed E-state index contributed by atoms with van der Waals surface area (Å²) < 4.78 is 3.15. The van der Waals surface area contributed by atoms with Crippen molar-refractivity contribution in [3.8, 4) is 11.1 Å². The molecule has 73 heavy (non-hydrogen) atoms. The molecule has 3 N–H and O–H groups in total. The maximum atomic E-state index is 5.11. The number of allylic oxidation sites excluding steroid dienone is 2. The third-order valence-electron chi connectivity index (χ3n) is 16.1. The Kier molecular flexibility index (Phi) is 14.6. The molecule has 1 aliphatic carbocycles. The van der Waals surface area contributed by atoms with Crippen LogP contribution in [0.2, 0.25) is 0 Å². The van der Waals surface area contributed by atoms with Crippen LogP contribution in [0.25, 0.3) is 44.0 Å². The number of likely N-dealkylation sites (tertiary alicyclic amines) is 1. The van der Waals surface area contributed by atoms with E-state index in [0.29, 0.717) is 5.41 Å². The number of piperidine rings is 2. The molecule has 10 heteroatoms. The summed E-state index contributed by atoms with van der Waals surface area (Å²) in [5.41, 5.74) is 18.8. The lowest BCUT2D eigenvalue weighted by Crippen LogP contribution is -2.40. The molecule has 1 spiro atoms. The van der Waals surface area contributed by atoms with Crippen LogP contribution < -0.4 is 20.9 Å². The van der Waals surface area contributed by atoms with Crippen LogP contribution in [0.1, 0.15) is 110 Å². The van der Waals surface area contributed by atoms with Gasteiger partial charge in [0, 0.05) is 77.6 Å². The number of hydrogen-bond acceptors (Lipinski definition) is 9. The van der Waals surface area contributed by atoms with Gasteiger partial charge in [0.15, 0.2) is 5.13 Å². The summed E-state index contributed by atoms with van der Waals surface area (Å²) in [6.45, 7) is 33.0. The second-order valence-electron chi connectivity index (χ2n) is 21.3. The van der Waals surface area contributed by atoms with E-state index in [9.17, 15) is 0 Å². The number of nitrogens with zero attached hydrogens (tertiary/aromatic N) is 6. The predicted molar refractivity (Wildman–Crippen MR) is 310 cm³/mol. The highest BCUT2D eigenvalue weighted by Crippen LogP contribution is 2.49. The first-order chi connectivity index (χ1) is 35.4. The molecule has 0 bridgehead atoms. The highest BCUT2D eigenvalue weighted by Gasteiger charge is 2.39. The van der Waals surface area contributed by atoms with Crippen LogP contribution in [-0.4, -0.2) is 50.8 Å². The van der Waals surface area contributed by atoms with E-state index in [4.69, 9.17) is 15.1 Å². The zero-order chi connectivity index (χ0) is 50.8. The van der Waals surface area contributed by atoms with Gasteiger partial charge in [-0.3, -0.25) is 9.58 Å². The van der Waals surface area contributed by atoms with Gasteiger partial charge in [-0.15, -0.1) is 0 Å². The van der Waals surface area contributed by atoms with Crippen LogP contribution in [0, 0.1) is 18.3 Å². The molecule has 0 radical (unpaired) electrons. The Balaban J connectivity index is 0.000000171. The number of nitrogens with one attached hydrogen (secondary N) is 3. The molecule has 3 aliphatic heterocycles. The normalized spacial score (nSPS) is 18.5. The first-order valence-corrected chi connectivity index (χ1v) is 27.4. The smallest absolute Gasteiger partial charge is 0.188 e. The van der Waals surface area contributed by atoms with Crippen molar-refractivity contribution in [2.24, 2.45) is 18.4 Å². The van der Waals surface area contributed by atoms with Gasteiger partial charge in [0.25, 0.3) is 0 Å². The number of pyridine rings is 1. The number of hydrogen-bond donors (Lipinski definition) is 3. The Bertz CT molecular complexity index is 3200. The molecule has 3 fully saturated rings. The lowest BCUT2D eigenvalue weighted by atomic mass is 9.76. The third kappa shape index (κ3) is 10.7. The van der Waals surface area contributed by atoms with Gasteiger partial charge in [0.1, 0.15) is 5.82 Å². The van der Waals surface area contributed by atoms with E-state index in [0.717, 1.165) is 131 Å². The maximum Gasteiger partial charge on any atom is 0.188 e. The van der Waals surface area contributed by atoms with Crippen molar-refractivity contribution >= 4 is 60.9 Å². The minimum atomic E-state index is 0.221. The average Bonchev–Trinajstić information content (AvgIpc) is 4.08. The molecule has 4 aliphatic rings. The van der Waals surface area contributed by atoms with E-state index in [1.54, 1.807) is 11.3 Å². The molecule has 1 saturated carbocycles. The fourth-order valence-electron chi connectivity index (χ4n) is 12.2. The van der Waals surface area contributed by atoms with Crippen LogP contribution in [0.3, 0.4) is 0 Å². The monoisotopic (exact) mass is 988 g/mol. The third-order valence-corrected chi connectivity index (χ3v) is 17.1. The summed E-state index contributed by atoms with van der Waals surface area (Å²) in [5, 5.41) is 17.3. The number of fused-ring (bicyclic) bond motifs is 3. The Morgan fingerprint density at radius 1 is 0.890 bits per heavy atom. The van der Waals surface area contributed by atoms with Gasteiger partial charge in [-0.2, -0.15) is 5.10 Å². The first-order valence-electron chi connectivity index (χ1n) is 26.5. The largest absolute Gasteiger partial charge is 0.363 e. The van der Waals surface area contributed by atoms with Crippen LogP contribution in [0.15, 0.2) is 141 Å². The second-order valence-corrected chi connectivity index (χ2v) is 22.3. The zero-order valence-electron chi connectivity index (χ0n) is 43.6. The highest BCUT2D eigenvalue weighted by molar-refractivity contribution is 7.22. The number of aromatic nitrogens is 4. The molecule has 2 atom stereocenters. The Hall–Kier alpha value is -6.75. The minimum absolute atomic E-state index is 0.221. The second kappa shape index (κ2) is 21.4. The van der Waals surface area contributed by atoms with Crippen molar-refractivity contribution in [3.63, 3.8) is 0 Å². The fourth-order valence-corrected chi connectivity index (χ4v) is 13.1. The number of benzene rings is 4. The Labute approximate surface area is 437 Å². The minimum Gasteiger partial charge on any atom is -0.363 e. The van der Waals surface area contributed by atoms with Gasteiger partial charge in [-0.1, -0.05) is 119 Å². The molecule has 376 valence electrons. The molecule has 11 rings (SSSR count). The zero-order valence-corrected chi connectivity index (χ0v) is 44.4. The number of anilines is 3. The van der Waals surface area contributed by atoms with Crippen molar-refractivity contribution in [3.05, 3.63) is 180 Å². The summed E-state index contributed by atoms with van der Waals surface area (Å²) >= 11 is 1.65.